The Kier molecular flexibility index (Phi) is 8.25. The Hall–Kier alpha value is -4.46. The van der Waals surface area contributed by atoms with Crippen molar-refractivity contribution in [3.63, 3.8) is 0 Å². The number of carbonyl (C=O) groups is 1. The first kappa shape index (κ1) is 30.6. The van der Waals surface area contributed by atoms with Crippen molar-refractivity contribution >= 4 is 42.7 Å². The molecule has 232 valence electrons. The van der Waals surface area contributed by atoms with Crippen LogP contribution in [-0.4, -0.2) is 51.9 Å². The van der Waals surface area contributed by atoms with E-state index in [1.807, 2.05) is 29.6 Å². The number of carbonyl (C=O) groups excluding carboxylic acids is 1. The molecule has 0 radical (unpaired) electrons. The van der Waals surface area contributed by atoms with E-state index in [9.17, 15) is 13.4 Å². The molecule has 1 unspecified atom stereocenters. The van der Waals surface area contributed by atoms with E-state index in [1.165, 1.54) is 24.5 Å². The monoisotopic (exact) mass is 649 g/mol. The molecule has 1 aliphatic heterocycles. The molecular weight excluding hydrogens is 621 g/mol. The maximum absolute atomic E-state index is 15.9. The lowest BCUT2D eigenvalue weighted by molar-refractivity contribution is -0.117. The number of pyridine rings is 1. The summed E-state index contributed by atoms with van der Waals surface area (Å²) in [6, 6.07) is 10.7. The summed E-state index contributed by atoms with van der Waals surface area (Å²) < 4.78 is 59.1. The van der Waals surface area contributed by atoms with Gasteiger partial charge in [-0.25, -0.2) is 18.0 Å². The molecule has 1 aliphatic rings. The number of benzene rings is 2. The molecule has 0 saturated carbocycles. The number of thiophene rings is 1. The number of ether oxygens (including phenoxy) is 2. The van der Waals surface area contributed by atoms with Gasteiger partial charge in [-0.2, -0.15) is 9.46 Å². The van der Waals surface area contributed by atoms with Gasteiger partial charge in [-0.3, -0.25) is 9.89 Å². The van der Waals surface area contributed by atoms with Crippen molar-refractivity contribution in [1.29, 1.82) is 0 Å². The first-order valence-electron chi connectivity index (χ1n) is 13.9. The fourth-order valence-corrected chi connectivity index (χ4v) is 7.72. The number of hydrogen-bond donors (Lipinski definition) is 2. The lowest BCUT2D eigenvalue weighted by Gasteiger charge is -2.17. The van der Waals surface area contributed by atoms with Crippen LogP contribution in [0.5, 0.6) is 5.75 Å². The molecule has 4 heterocycles. The molecule has 45 heavy (non-hydrogen) atoms. The van der Waals surface area contributed by atoms with Crippen LogP contribution >= 0.6 is 11.3 Å². The van der Waals surface area contributed by atoms with Crippen LogP contribution in [-0.2, 0) is 25.0 Å². The molecule has 1 amide bonds. The standard InChI is InChI=1S/C32H29F2N5O4S2/c1-5-27(40)35-17(2)24-15-25(38-37-24)31-29(28-22(34)13-20(33)14-26(28)43-10-9-42-3)32-21(8-11-44-32)30(36-31)18-6-7-23-19(12-18)16-45(4,41)39-23/h5-8,11-15,17H,1,9-10,16H2,2-4H3,(H,35,40)(H,37,38)/t17-,45?/m1/s1. The average Bonchev–Trinajstić information content (AvgIpc) is 3.74. The van der Waals surface area contributed by atoms with E-state index in [0.717, 1.165) is 28.6 Å². The van der Waals surface area contributed by atoms with E-state index in [0.29, 0.717) is 44.5 Å². The Balaban J connectivity index is 1.60. The molecule has 0 spiro atoms. The van der Waals surface area contributed by atoms with E-state index >= 15 is 4.39 Å². The van der Waals surface area contributed by atoms with E-state index in [4.69, 9.17) is 14.5 Å². The summed E-state index contributed by atoms with van der Waals surface area (Å²) in [5.41, 5.74) is 4.57. The first-order chi connectivity index (χ1) is 21.6. The summed E-state index contributed by atoms with van der Waals surface area (Å²) in [5.74, 6) is -1.65. The van der Waals surface area contributed by atoms with Crippen LogP contribution in [0.25, 0.3) is 43.9 Å². The molecule has 2 aromatic carbocycles. The molecule has 0 bridgehead atoms. The molecule has 13 heteroatoms. The largest absolute Gasteiger partial charge is 0.490 e. The SMILES string of the molecule is C=CC(=O)N[C@H](C)c1cc(-c2nc(-c3ccc4c(c3)CS(C)(=O)=N4)c3ccsc3c2-c2c(F)cc(F)cc2OCCOC)n[nH]1. The van der Waals surface area contributed by atoms with Crippen molar-refractivity contribution in [3.05, 3.63) is 83.4 Å². The summed E-state index contributed by atoms with van der Waals surface area (Å²) in [4.78, 5) is 17.0. The smallest absolute Gasteiger partial charge is 0.243 e. The zero-order chi connectivity index (χ0) is 31.9. The van der Waals surface area contributed by atoms with Gasteiger partial charge in [0.2, 0.25) is 5.91 Å². The molecule has 0 fully saturated rings. The molecule has 5 aromatic rings. The molecule has 6 rings (SSSR count). The number of H-pyrrole nitrogens is 1. The highest BCUT2D eigenvalue weighted by Crippen LogP contribution is 2.47. The van der Waals surface area contributed by atoms with Crippen LogP contribution in [0.15, 0.2) is 64.9 Å². The van der Waals surface area contributed by atoms with Gasteiger partial charge in [0.15, 0.2) is 0 Å². The fourth-order valence-electron chi connectivity index (χ4n) is 5.30. The van der Waals surface area contributed by atoms with Crippen LogP contribution < -0.4 is 10.1 Å². The number of nitrogens with one attached hydrogen (secondary N) is 2. The Morgan fingerprint density at radius 1 is 1.18 bits per heavy atom. The van der Waals surface area contributed by atoms with Crippen LogP contribution in [0.3, 0.4) is 0 Å². The van der Waals surface area contributed by atoms with Crippen molar-refractivity contribution in [2.45, 2.75) is 18.7 Å². The number of fused-ring (bicyclic) bond motifs is 2. The second-order valence-electron chi connectivity index (χ2n) is 10.6. The minimum atomic E-state index is -2.36. The third kappa shape index (κ3) is 5.98. The van der Waals surface area contributed by atoms with Gasteiger partial charge >= 0.3 is 0 Å². The van der Waals surface area contributed by atoms with Crippen LogP contribution in [0.2, 0.25) is 0 Å². The van der Waals surface area contributed by atoms with Gasteiger partial charge in [0.25, 0.3) is 0 Å². The molecule has 0 aliphatic carbocycles. The van der Waals surface area contributed by atoms with Crippen molar-refractivity contribution in [2.24, 2.45) is 4.36 Å². The predicted octanol–water partition coefficient (Wildman–Crippen LogP) is 6.93. The molecule has 9 nitrogen and oxygen atoms in total. The highest BCUT2D eigenvalue weighted by molar-refractivity contribution is 7.92. The van der Waals surface area contributed by atoms with Gasteiger partial charge in [-0.05, 0) is 48.2 Å². The van der Waals surface area contributed by atoms with Crippen molar-refractivity contribution in [3.8, 4) is 39.5 Å². The third-order valence-corrected chi connectivity index (χ3v) is 9.70. The van der Waals surface area contributed by atoms with E-state index in [1.54, 1.807) is 19.2 Å². The summed E-state index contributed by atoms with van der Waals surface area (Å²) in [5, 5.41) is 12.9. The van der Waals surface area contributed by atoms with Gasteiger partial charge in [0.05, 0.1) is 50.8 Å². The highest BCUT2D eigenvalue weighted by Gasteiger charge is 2.27. The quantitative estimate of drug-likeness (QED) is 0.125. The van der Waals surface area contributed by atoms with Gasteiger partial charge in [0, 0.05) is 46.7 Å². The number of amides is 1. The molecular formula is C32H29F2N5O4S2. The average molecular weight is 650 g/mol. The maximum Gasteiger partial charge on any atom is 0.243 e. The van der Waals surface area contributed by atoms with E-state index in [2.05, 4.69) is 26.5 Å². The van der Waals surface area contributed by atoms with Crippen LogP contribution in [0, 0.1) is 11.6 Å². The summed E-state index contributed by atoms with van der Waals surface area (Å²) >= 11 is 1.37. The molecule has 0 saturated heterocycles. The van der Waals surface area contributed by atoms with Gasteiger partial charge < -0.3 is 14.8 Å². The maximum atomic E-state index is 15.9. The fraction of sp³-hybridized carbons (Fsp3) is 0.219. The second-order valence-corrected chi connectivity index (χ2v) is 13.9. The Morgan fingerprint density at radius 3 is 2.78 bits per heavy atom. The second kappa shape index (κ2) is 12.1. The summed E-state index contributed by atoms with van der Waals surface area (Å²) in [6.07, 6.45) is 2.81. The molecule has 2 N–H and O–H groups in total. The lowest BCUT2D eigenvalue weighted by Crippen LogP contribution is -2.24. The highest BCUT2D eigenvalue weighted by atomic mass is 32.2. The van der Waals surface area contributed by atoms with Gasteiger partial charge in [-0.15, -0.1) is 11.3 Å². The van der Waals surface area contributed by atoms with E-state index in [-0.39, 0.29) is 30.4 Å². The number of nitrogens with zero attached hydrogens (tertiary/aromatic N) is 3. The number of hydrogen-bond acceptors (Lipinski definition) is 8. The van der Waals surface area contributed by atoms with E-state index < -0.39 is 27.4 Å². The van der Waals surface area contributed by atoms with Crippen LogP contribution in [0.4, 0.5) is 14.5 Å². The number of rotatable bonds is 10. The number of aromatic nitrogens is 3. The van der Waals surface area contributed by atoms with Gasteiger partial charge in [0.1, 0.15) is 35.4 Å². The Labute approximate surface area is 262 Å². The molecule has 3 aromatic heterocycles. The van der Waals surface area contributed by atoms with Gasteiger partial charge in [-0.1, -0.05) is 12.6 Å². The summed E-state index contributed by atoms with van der Waals surface area (Å²) in [6.45, 7) is 5.55. The minimum Gasteiger partial charge on any atom is -0.490 e. The predicted molar refractivity (Wildman–Crippen MR) is 172 cm³/mol. The number of halogens is 2. The number of aromatic amines is 1. The zero-order valence-electron chi connectivity index (χ0n) is 24.6. The van der Waals surface area contributed by atoms with Crippen LogP contribution in [0.1, 0.15) is 24.2 Å². The Morgan fingerprint density at radius 2 is 2.00 bits per heavy atom. The van der Waals surface area contributed by atoms with Crippen molar-refractivity contribution in [1.82, 2.24) is 20.5 Å². The molecule has 2 atom stereocenters. The summed E-state index contributed by atoms with van der Waals surface area (Å²) in [7, 11) is -0.852. The van der Waals surface area contributed by atoms with Crippen molar-refractivity contribution in [2.75, 3.05) is 26.6 Å². The minimum absolute atomic E-state index is 0.00530. The van der Waals surface area contributed by atoms with Crippen molar-refractivity contribution < 1.29 is 27.3 Å². The normalized spacial score (nSPS) is 16.3. The third-order valence-electron chi connectivity index (χ3n) is 7.34. The Bertz CT molecular complexity index is 2100. The first-order valence-corrected chi connectivity index (χ1v) is 16.9. The topological polar surface area (TPSA) is 119 Å². The lowest BCUT2D eigenvalue weighted by atomic mass is 9.96. The number of methoxy groups -OCH3 is 1. The zero-order valence-corrected chi connectivity index (χ0v) is 26.3.